The number of rotatable bonds is 2. The van der Waals surface area contributed by atoms with Crippen LogP contribution in [0, 0.1) is 0 Å². The molecule has 0 aliphatic heterocycles. The molecule has 1 aromatic heterocycles. The maximum Gasteiger partial charge on any atom is 0.259 e. The normalized spacial score (nSPS) is 9.90. The molecule has 4 nitrogen and oxygen atoms in total. The fraction of sp³-hybridized carbons (Fsp3) is 0. The molecule has 0 saturated heterocycles. The molecule has 0 radical (unpaired) electrons. The number of benzene rings is 1. The van der Waals surface area contributed by atoms with Gasteiger partial charge in [-0.1, -0.05) is 15.9 Å². The van der Waals surface area contributed by atoms with Crippen LogP contribution in [0.3, 0.4) is 0 Å². The lowest BCUT2D eigenvalue weighted by Crippen LogP contribution is -2.34. The Balaban J connectivity index is 1.97. The number of hydrogen-bond acceptors (Lipinski definition) is 3. The summed E-state index contributed by atoms with van der Waals surface area (Å²) in [5.74, 6) is -0.312. The van der Waals surface area contributed by atoms with Crippen molar-refractivity contribution in [2.45, 2.75) is 0 Å². The Hall–Kier alpha value is -1.31. The molecule has 0 spiro atoms. The number of thiocarbonyl (C=S) groups is 1. The van der Waals surface area contributed by atoms with Gasteiger partial charge in [0.1, 0.15) is 0 Å². The van der Waals surface area contributed by atoms with Gasteiger partial charge in [0.15, 0.2) is 5.11 Å². The first kappa shape index (κ1) is 15.1. The van der Waals surface area contributed by atoms with Crippen LogP contribution in [0.25, 0.3) is 0 Å². The van der Waals surface area contributed by atoms with Gasteiger partial charge in [0, 0.05) is 27.0 Å². The van der Waals surface area contributed by atoms with Crippen LogP contribution < -0.4 is 10.6 Å². The maximum absolute atomic E-state index is 11.9. The molecule has 1 amide bonds. The second kappa shape index (κ2) is 6.92. The second-order valence-corrected chi connectivity index (χ2v) is 6.05. The van der Waals surface area contributed by atoms with Crippen molar-refractivity contribution >= 4 is 60.8 Å². The number of nitrogens with zero attached hydrogens (tertiary/aromatic N) is 1. The number of anilines is 1. The van der Waals surface area contributed by atoms with Gasteiger partial charge < -0.3 is 5.32 Å². The Morgan fingerprint density at radius 3 is 2.45 bits per heavy atom. The van der Waals surface area contributed by atoms with Crippen LogP contribution in [0.1, 0.15) is 10.4 Å². The lowest BCUT2D eigenvalue weighted by molar-refractivity contribution is 0.0977. The summed E-state index contributed by atoms with van der Waals surface area (Å²) >= 11 is 11.7. The Morgan fingerprint density at radius 1 is 1.10 bits per heavy atom. The van der Waals surface area contributed by atoms with Gasteiger partial charge in [0.25, 0.3) is 5.91 Å². The quantitative estimate of drug-likeness (QED) is 0.735. The summed E-state index contributed by atoms with van der Waals surface area (Å²) in [6, 6.07) is 9.13. The molecule has 2 rings (SSSR count). The zero-order valence-corrected chi connectivity index (χ0v) is 14.0. The molecule has 0 unspecified atom stereocenters. The molecule has 0 bridgehead atoms. The van der Waals surface area contributed by atoms with Crippen LogP contribution >= 0.6 is 44.1 Å². The molecule has 20 heavy (non-hydrogen) atoms. The van der Waals surface area contributed by atoms with Crippen molar-refractivity contribution in [3.8, 4) is 0 Å². The van der Waals surface area contributed by atoms with E-state index in [2.05, 4.69) is 47.5 Å². The molecule has 0 aliphatic carbocycles. The van der Waals surface area contributed by atoms with Gasteiger partial charge in [-0.15, -0.1) is 0 Å². The molecule has 7 heteroatoms. The Labute approximate surface area is 138 Å². The molecular weight excluding hydrogens is 406 g/mol. The molecule has 2 N–H and O–H groups in total. The van der Waals surface area contributed by atoms with Crippen molar-refractivity contribution in [1.29, 1.82) is 0 Å². The van der Waals surface area contributed by atoms with Gasteiger partial charge in [-0.05, 0) is 58.5 Å². The van der Waals surface area contributed by atoms with Crippen molar-refractivity contribution in [1.82, 2.24) is 10.3 Å². The van der Waals surface area contributed by atoms with Gasteiger partial charge in [-0.2, -0.15) is 0 Å². The van der Waals surface area contributed by atoms with E-state index in [-0.39, 0.29) is 11.0 Å². The number of amides is 1. The summed E-state index contributed by atoms with van der Waals surface area (Å²) in [7, 11) is 0. The van der Waals surface area contributed by atoms with Crippen molar-refractivity contribution < 1.29 is 4.79 Å². The predicted octanol–water partition coefficient (Wildman–Crippen LogP) is 3.73. The summed E-state index contributed by atoms with van der Waals surface area (Å²) in [4.78, 5) is 15.9. The van der Waals surface area contributed by atoms with Crippen molar-refractivity contribution in [3.63, 3.8) is 0 Å². The van der Waals surface area contributed by atoms with E-state index in [1.807, 2.05) is 24.3 Å². The highest BCUT2D eigenvalue weighted by Gasteiger charge is 2.08. The summed E-state index contributed by atoms with van der Waals surface area (Å²) in [5, 5.41) is 5.76. The number of hydrogen-bond donors (Lipinski definition) is 2. The predicted molar refractivity (Wildman–Crippen MR) is 89.8 cm³/mol. The van der Waals surface area contributed by atoms with Gasteiger partial charge in [-0.3, -0.25) is 15.1 Å². The molecule has 0 saturated carbocycles. The Bertz CT molecular complexity index is 646. The SMILES string of the molecule is O=C(NC(=S)Nc1ccc(Br)cc1)c1cncc(Br)c1. The van der Waals surface area contributed by atoms with Crippen LogP contribution in [0.4, 0.5) is 5.69 Å². The molecule has 102 valence electrons. The van der Waals surface area contributed by atoms with Crippen LogP contribution in [0.2, 0.25) is 0 Å². The smallest absolute Gasteiger partial charge is 0.259 e. The average molecular weight is 415 g/mol. The van der Waals surface area contributed by atoms with E-state index >= 15 is 0 Å². The number of aromatic nitrogens is 1. The van der Waals surface area contributed by atoms with Gasteiger partial charge in [-0.25, -0.2) is 0 Å². The highest BCUT2D eigenvalue weighted by atomic mass is 79.9. The van der Waals surface area contributed by atoms with Crippen molar-refractivity contribution in [2.24, 2.45) is 0 Å². The highest BCUT2D eigenvalue weighted by Crippen LogP contribution is 2.14. The van der Waals surface area contributed by atoms with E-state index < -0.39 is 0 Å². The standard InChI is InChI=1S/C13H9Br2N3OS/c14-9-1-3-11(4-2-9)17-13(20)18-12(19)8-5-10(15)7-16-6-8/h1-7H,(H2,17,18,19,20). The van der Waals surface area contributed by atoms with Crippen molar-refractivity contribution in [2.75, 3.05) is 5.32 Å². The van der Waals surface area contributed by atoms with E-state index in [1.54, 1.807) is 12.3 Å². The maximum atomic E-state index is 11.9. The largest absolute Gasteiger partial charge is 0.332 e. The first-order chi connectivity index (χ1) is 9.54. The highest BCUT2D eigenvalue weighted by molar-refractivity contribution is 9.10. The first-order valence-electron chi connectivity index (χ1n) is 5.53. The average Bonchev–Trinajstić information content (AvgIpc) is 2.41. The fourth-order valence-electron chi connectivity index (χ4n) is 1.41. The number of carbonyl (C=O) groups excluding carboxylic acids is 1. The van der Waals surface area contributed by atoms with Crippen LogP contribution in [0.5, 0.6) is 0 Å². The molecule has 1 heterocycles. The molecule has 0 fully saturated rings. The minimum absolute atomic E-state index is 0.234. The first-order valence-corrected chi connectivity index (χ1v) is 7.52. The topological polar surface area (TPSA) is 54.0 Å². The summed E-state index contributed by atoms with van der Waals surface area (Å²) < 4.78 is 1.70. The van der Waals surface area contributed by atoms with Crippen molar-refractivity contribution in [3.05, 3.63) is 57.2 Å². The molecule has 0 atom stereocenters. The molecule has 2 aromatic rings. The lowest BCUT2D eigenvalue weighted by Gasteiger charge is -2.09. The summed E-state index contributed by atoms with van der Waals surface area (Å²) in [6.45, 7) is 0. The molecule has 0 aliphatic rings. The summed E-state index contributed by atoms with van der Waals surface area (Å²) in [6.07, 6.45) is 3.08. The third-order valence-electron chi connectivity index (χ3n) is 2.30. The summed E-state index contributed by atoms with van der Waals surface area (Å²) in [5.41, 5.74) is 1.23. The van der Waals surface area contributed by atoms with E-state index in [0.717, 1.165) is 14.6 Å². The third-order valence-corrected chi connectivity index (χ3v) is 3.46. The minimum Gasteiger partial charge on any atom is -0.332 e. The molecule has 1 aromatic carbocycles. The van der Waals surface area contributed by atoms with Gasteiger partial charge in [0.05, 0.1) is 5.56 Å². The number of nitrogens with one attached hydrogen (secondary N) is 2. The van der Waals surface area contributed by atoms with Gasteiger partial charge >= 0.3 is 0 Å². The van der Waals surface area contributed by atoms with Crippen LogP contribution in [0.15, 0.2) is 51.7 Å². The third kappa shape index (κ3) is 4.36. The number of halogens is 2. The lowest BCUT2D eigenvalue weighted by atomic mass is 10.3. The van der Waals surface area contributed by atoms with Crippen LogP contribution in [-0.4, -0.2) is 16.0 Å². The Morgan fingerprint density at radius 2 is 1.80 bits per heavy atom. The van der Waals surface area contributed by atoms with E-state index in [9.17, 15) is 4.79 Å². The zero-order valence-electron chi connectivity index (χ0n) is 10.1. The van der Waals surface area contributed by atoms with E-state index in [0.29, 0.717) is 5.56 Å². The zero-order chi connectivity index (χ0) is 14.5. The van der Waals surface area contributed by atoms with E-state index in [1.165, 1.54) is 6.20 Å². The second-order valence-electron chi connectivity index (χ2n) is 3.81. The number of pyridine rings is 1. The van der Waals surface area contributed by atoms with Gasteiger partial charge in [0.2, 0.25) is 0 Å². The molecular formula is C13H9Br2N3OS. The fourth-order valence-corrected chi connectivity index (χ4v) is 2.25. The minimum atomic E-state index is -0.312. The van der Waals surface area contributed by atoms with E-state index in [4.69, 9.17) is 12.2 Å². The number of carbonyl (C=O) groups is 1. The monoisotopic (exact) mass is 413 g/mol. The van der Waals surface area contributed by atoms with Crippen LogP contribution in [-0.2, 0) is 0 Å². The Kier molecular flexibility index (Phi) is 5.22.